The molecule has 1 heterocycles. The topological polar surface area (TPSA) is 48.8 Å². The van der Waals surface area contributed by atoms with Gasteiger partial charge in [0.05, 0.1) is 0 Å². The Morgan fingerprint density at radius 1 is 1.38 bits per heavy atom. The van der Waals surface area contributed by atoms with Gasteiger partial charge in [-0.15, -0.1) is 11.8 Å². The monoisotopic (exact) mass is 251 g/mol. The second-order valence-corrected chi connectivity index (χ2v) is 6.38. The van der Waals surface area contributed by atoms with E-state index >= 15 is 0 Å². The Hall–Kier alpha value is -0.770. The molecule has 0 radical (unpaired) electrons. The Labute approximate surface area is 104 Å². The lowest BCUT2D eigenvalue weighted by Gasteiger charge is -2.38. The number of thioether (sulfide) groups is 2. The van der Waals surface area contributed by atoms with E-state index in [2.05, 4.69) is 16.9 Å². The lowest BCUT2D eigenvalue weighted by Crippen LogP contribution is -2.34. The predicted octanol–water partition coefficient (Wildman–Crippen LogP) is 4.02. The molecule has 0 amide bonds. The van der Waals surface area contributed by atoms with E-state index in [0.717, 1.165) is 17.1 Å². The second-order valence-electron chi connectivity index (χ2n) is 3.61. The zero-order valence-electron chi connectivity index (χ0n) is 9.04. The predicted molar refractivity (Wildman–Crippen MR) is 71.6 cm³/mol. The van der Waals surface area contributed by atoms with Crippen LogP contribution in [-0.4, -0.2) is 16.8 Å². The maximum atomic E-state index is 8.80. The second kappa shape index (κ2) is 5.04. The van der Waals surface area contributed by atoms with Crippen molar-refractivity contribution in [3.63, 3.8) is 0 Å². The van der Waals surface area contributed by atoms with Crippen molar-refractivity contribution in [3.05, 3.63) is 46.3 Å². The summed E-state index contributed by atoms with van der Waals surface area (Å²) >= 11 is 3.63. The van der Waals surface area contributed by atoms with Crippen LogP contribution < -0.4 is 0 Å². The number of hydrogen-bond acceptors (Lipinski definition) is 3. The van der Waals surface area contributed by atoms with Gasteiger partial charge in [0.25, 0.3) is 0 Å². The van der Waals surface area contributed by atoms with E-state index in [1.165, 1.54) is 0 Å². The highest BCUT2D eigenvalue weighted by atomic mass is 32.2. The summed E-state index contributed by atoms with van der Waals surface area (Å²) in [4.78, 5) is 2.62. The highest BCUT2D eigenvalue weighted by Crippen LogP contribution is 2.49. The molecule has 0 bridgehead atoms. The van der Waals surface area contributed by atoms with E-state index in [0.29, 0.717) is 5.25 Å². The molecule has 1 aliphatic rings. The van der Waals surface area contributed by atoms with Crippen molar-refractivity contribution in [2.75, 3.05) is 11.5 Å². The zero-order valence-corrected chi connectivity index (χ0v) is 10.7. The quantitative estimate of drug-likeness (QED) is 0.453. The third kappa shape index (κ3) is 2.03. The Morgan fingerprint density at radius 2 is 2.12 bits per heavy atom. The molecule has 0 aliphatic carbocycles. The van der Waals surface area contributed by atoms with Crippen LogP contribution in [0.4, 0.5) is 0 Å². The molecule has 3 nitrogen and oxygen atoms in total. The van der Waals surface area contributed by atoms with Crippen molar-refractivity contribution in [1.29, 1.82) is 0 Å². The van der Waals surface area contributed by atoms with Crippen molar-refractivity contribution in [1.82, 2.24) is 0 Å². The highest BCUT2D eigenvalue weighted by Gasteiger charge is 2.40. The van der Waals surface area contributed by atoms with Crippen LogP contribution in [0.5, 0.6) is 0 Å². The van der Waals surface area contributed by atoms with Crippen molar-refractivity contribution in [2.45, 2.75) is 17.0 Å². The van der Waals surface area contributed by atoms with Gasteiger partial charge in [-0.1, -0.05) is 42.4 Å². The maximum Gasteiger partial charge on any atom is 0.131 e. The summed E-state index contributed by atoms with van der Waals surface area (Å²) in [6, 6.07) is 10.1. The maximum absolute atomic E-state index is 8.80. The van der Waals surface area contributed by atoms with E-state index in [1.807, 2.05) is 42.1 Å². The van der Waals surface area contributed by atoms with Crippen molar-refractivity contribution >= 4 is 23.5 Å². The summed E-state index contributed by atoms with van der Waals surface area (Å²) in [5, 5.41) is 4.40. The molecule has 5 heteroatoms. The highest BCUT2D eigenvalue weighted by molar-refractivity contribution is 8.07. The van der Waals surface area contributed by atoms with Gasteiger partial charge < -0.3 is 0 Å². The first-order valence-electron chi connectivity index (χ1n) is 5.17. The lowest BCUT2D eigenvalue weighted by molar-refractivity contribution is 0.637. The van der Waals surface area contributed by atoms with Gasteiger partial charge in [0.1, 0.15) is 4.87 Å². The lowest BCUT2D eigenvalue weighted by atomic mass is 10.0. The summed E-state index contributed by atoms with van der Waals surface area (Å²) in [5.41, 5.74) is 9.91. The number of azide groups is 1. The van der Waals surface area contributed by atoms with Crippen LogP contribution in [-0.2, 0) is 4.87 Å². The summed E-state index contributed by atoms with van der Waals surface area (Å²) < 4.78 is 0. The first kappa shape index (κ1) is 11.7. The Morgan fingerprint density at radius 3 is 2.75 bits per heavy atom. The van der Waals surface area contributed by atoms with Crippen LogP contribution in [0.3, 0.4) is 0 Å². The Kier molecular flexibility index (Phi) is 3.69. The van der Waals surface area contributed by atoms with Crippen LogP contribution in [0.1, 0.15) is 12.5 Å². The van der Waals surface area contributed by atoms with Crippen LogP contribution in [0.2, 0.25) is 0 Å². The molecule has 0 unspecified atom stereocenters. The van der Waals surface area contributed by atoms with Crippen molar-refractivity contribution < 1.29 is 0 Å². The minimum atomic E-state index is -0.432. The van der Waals surface area contributed by atoms with Crippen LogP contribution in [0, 0.1) is 0 Å². The van der Waals surface area contributed by atoms with Gasteiger partial charge in [-0.2, -0.15) is 11.8 Å². The molecule has 84 valence electrons. The molecule has 16 heavy (non-hydrogen) atoms. The zero-order chi connectivity index (χ0) is 11.4. The fraction of sp³-hybridized carbons (Fsp3) is 0.455. The van der Waals surface area contributed by atoms with E-state index in [1.54, 1.807) is 11.8 Å². The molecule has 2 atom stereocenters. The molecule has 1 fully saturated rings. The van der Waals surface area contributed by atoms with E-state index in [9.17, 15) is 0 Å². The van der Waals surface area contributed by atoms with Gasteiger partial charge in [0.2, 0.25) is 0 Å². The van der Waals surface area contributed by atoms with Gasteiger partial charge in [0.15, 0.2) is 0 Å². The summed E-state index contributed by atoms with van der Waals surface area (Å²) in [7, 11) is 0. The average molecular weight is 251 g/mol. The summed E-state index contributed by atoms with van der Waals surface area (Å²) in [6.07, 6.45) is 0. The largest absolute Gasteiger partial charge is 0.156 e. The Balaban J connectivity index is 2.46. The van der Waals surface area contributed by atoms with Gasteiger partial charge >= 0.3 is 0 Å². The minimum Gasteiger partial charge on any atom is -0.156 e. The fourth-order valence-electron chi connectivity index (χ4n) is 1.88. The molecular formula is C11H13N3S2. The third-order valence-corrected chi connectivity index (χ3v) is 5.91. The van der Waals surface area contributed by atoms with Crippen molar-refractivity contribution in [2.24, 2.45) is 5.11 Å². The number of hydrogen-bond donors (Lipinski definition) is 0. The Bertz CT molecular complexity index is 403. The molecule has 1 aromatic rings. The summed E-state index contributed by atoms with van der Waals surface area (Å²) in [6.45, 7) is 2.14. The average Bonchev–Trinajstić information content (AvgIpc) is 2.34. The minimum absolute atomic E-state index is 0.310. The molecule has 1 aromatic carbocycles. The van der Waals surface area contributed by atoms with E-state index in [4.69, 9.17) is 5.53 Å². The molecule has 0 spiro atoms. The summed E-state index contributed by atoms with van der Waals surface area (Å²) in [5.74, 6) is 2.16. The molecule has 0 saturated carbocycles. The standard InChI is InChI=1S/C11H13N3S2/c1-9-11(13-14-12,16-8-7-15-9)10-5-3-2-4-6-10/h2-6,9H,7-8H2,1H3/t9-,11+/m0/s1. The fourth-order valence-corrected chi connectivity index (χ4v) is 4.71. The first-order valence-corrected chi connectivity index (χ1v) is 7.20. The first-order chi connectivity index (χ1) is 7.79. The SMILES string of the molecule is C[C@@H]1SCCS[C@@]1(N=[N+]=[N-])c1ccccc1. The molecule has 0 N–H and O–H groups in total. The van der Waals surface area contributed by atoms with Crippen LogP contribution >= 0.6 is 23.5 Å². The van der Waals surface area contributed by atoms with E-state index in [-0.39, 0.29) is 0 Å². The molecule has 2 rings (SSSR count). The van der Waals surface area contributed by atoms with E-state index < -0.39 is 4.87 Å². The molecule has 1 saturated heterocycles. The third-order valence-electron chi connectivity index (χ3n) is 2.71. The molecular weight excluding hydrogens is 238 g/mol. The molecule has 1 aliphatic heterocycles. The number of rotatable bonds is 2. The number of benzene rings is 1. The van der Waals surface area contributed by atoms with Crippen LogP contribution in [0.25, 0.3) is 10.4 Å². The van der Waals surface area contributed by atoms with Crippen molar-refractivity contribution in [3.8, 4) is 0 Å². The van der Waals surface area contributed by atoms with Crippen LogP contribution in [0.15, 0.2) is 35.4 Å². The van der Waals surface area contributed by atoms with Gasteiger partial charge in [-0.25, -0.2) is 0 Å². The normalized spacial score (nSPS) is 29.4. The smallest absolute Gasteiger partial charge is 0.131 e. The van der Waals surface area contributed by atoms with Gasteiger partial charge in [-0.05, 0) is 11.1 Å². The van der Waals surface area contributed by atoms with Gasteiger partial charge in [0, 0.05) is 21.7 Å². The number of nitrogens with zero attached hydrogens (tertiary/aromatic N) is 3. The van der Waals surface area contributed by atoms with Gasteiger partial charge in [-0.3, -0.25) is 0 Å². The molecule has 0 aromatic heterocycles.